The van der Waals surface area contributed by atoms with Crippen molar-refractivity contribution in [2.75, 3.05) is 19.7 Å². The normalized spacial score (nSPS) is 9.65. The number of nitrogens with zero attached hydrogens (tertiary/aromatic N) is 1. The number of thiophene rings is 1. The van der Waals surface area contributed by atoms with Gasteiger partial charge >= 0.3 is 0 Å². The van der Waals surface area contributed by atoms with E-state index >= 15 is 0 Å². The molecule has 0 fully saturated rings. The van der Waals surface area contributed by atoms with E-state index in [1.807, 2.05) is 26.8 Å². The molecular formula is C13H17NO2S. The van der Waals surface area contributed by atoms with Gasteiger partial charge in [0.25, 0.3) is 5.91 Å². The van der Waals surface area contributed by atoms with Crippen LogP contribution in [-0.4, -0.2) is 35.6 Å². The van der Waals surface area contributed by atoms with E-state index in [0.717, 1.165) is 10.4 Å². The van der Waals surface area contributed by atoms with Crippen molar-refractivity contribution in [3.05, 3.63) is 21.4 Å². The molecule has 0 aliphatic carbocycles. The average Bonchev–Trinajstić information content (AvgIpc) is 2.69. The highest BCUT2D eigenvalue weighted by atomic mass is 32.1. The Hall–Kier alpha value is -1.31. The zero-order valence-electron chi connectivity index (χ0n) is 10.4. The molecule has 4 heteroatoms. The lowest BCUT2D eigenvalue weighted by molar-refractivity contribution is 0.0778. The van der Waals surface area contributed by atoms with Gasteiger partial charge in [0.2, 0.25) is 0 Å². The van der Waals surface area contributed by atoms with Crippen LogP contribution in [0.3, 0.4) is 0 Å². The molecule has 3 nitrogen and oxygen atoms in total. The SMILES string of the molecule is CCN(CC)C(=O)c1cc(C)c(C#CCO)s1. The summed E-state index contributed by atoms with van der Waals surface area (Å²) in [6.07, 6.45) is 0. The standard InChI is InChI=1S/C13H17NO2S/c1-4-14(5-2)13(16)12-9-10(3)11(17-12)7-6-8-15/h9,15H,4-5,8H2,1-3H3. The Morgan fingerprint density at radius 1 is 1.47 bits per heavy atom. The minimum absolute atomic E-state index is 0.0557. The molecule has 0 aliphatic heterocycles. The fourth-order valence-corrected chi connectivity index (χ4v) is 2.51. The molecule has 0 radical (unpaired) electrons. The molecule has 0 atom stereocenters. The van der Waals surface area contributed by atoms with Crippen molar-refractivity contribution in [1.29, 1.82) is 0 Å². The number of rotatable bonds is 3. The lowest BCUT2D eigenvalue weighted by Gasteiger charge is -2.17. The second-order valence-corrected chi connectivity index (χ2v) is 4.61. The number of aryl methyl sites for hydroxylation is 1. The largest absolute Gasteiger partial charge is 0.384 e. The van der Waals surface area contributed by atoms with Crippen LogP contribution in [0.4, 0.5) is 0 Å². The zero-order chi connectivity index (χ0) is 12.8. The smallest absolute Gasteiger partial charge is 0.263 e. The molecule has 1 heterocycles. The molecule has 17 heavy (non-hydrogen) atoms. The summed E-state index contributed by atoms with van der Waals surface area (Å²) in [5.41, 5.74) is 0.992. The van der Waals surface area contributed by atoms with Crippen molar-refractivity contribution in [3.63, 3.8) is 0 Å². The molecule has 1 amide bonds. The minimum Gasteiger partial charge on any atom is -0.384 e. The number of aliphatic hydroxyl groups is 1. The Balaban J connectivity index is 2.97. The fraction of sp³-hybridized carbons (Fsp3) is 0.462. The topological polar surface area (TPSA) is 40.5 Å². The van der Waals surface area contributed by atoms with E-state index in [1.165, 1.54) is 11.3 Å². The summed E-state index contributed by atoms with van der Waals surface area (Å²) in [5.74, 6) is 5.52. The maximum absolute atomic E-state index is 12.1. The Morgan fingerprint density at radius 2 is 2.12 bits per heavy atom. The lowest BCUT2D eigenvalue weighted by Crippen LogP contribution is -2.29. The van der Waals surface area contributed by atoms with Gasteiger partial charge in [-0.15, -0.1) is 11.3 Å². The Labute approximate surface area is 106 Å². The first-order valence-electron chi connectivity index (χ1n) is 5.63. The van der Waals surface area contributed by atoms with Gasteiger partial charge in [-0.3, -0.25) is 4.79 Å². The van der Waals surface area contributed by atoms with Gasteiger partial charge < -0.3 is 10.0 Å². The summed E-state index contributed by atoms with van der Waals surface area (Å²) in [5, 5.41) is 8.65. The van der Waals surface area contributed by atoms with E-state index in [0.29, 0.717) is 18.0 Å². The predicted molar refractivity (Wildman–Crippen MR) is 70.3 cm³/mol. The Morgan fingerprint density at radius 3 is 2.65 bits per heavy atom. The number of carbonyl (C=O) groups is 1. The van der Waals surface area contributed by atoms with E-state index in [-0.39, 0.29) is 12.5 Å². The first-order chi connectivity index (χ1) is 8.13. The quantitative estimate of drug-likeness (QED) is 0.833. The lowest BCUT2D eigenvalue weighted by atomic mass is 10.2. The third-order valence-corrected chi connectivity index (χ3v) is 3.60. The molecule has 0 spiro atoms. The van der Waals surface area contributed by atoms with Crippen molar-refractivity contribution in [2.45, 2.75) is 20.8 Å². The average molecular weight is 251 g/mol. The van der Waals surface area contributed by atoms with Crippen molar-refractivity contribution < 1.29 is 9.90 Å². The van der Waals surface area contributed by atoms with E-state index in [1.54, 1.807) is 4.90 Å². The van der Waals surface area contributed by atoms with Crippen LogP contribution in [-0.2, 0) is 0 Å². The van der Waals surface area contributed by atoms with Crippen LogP contribution in [0.5, 0.6) is 0 Å². The highest BCUT2D eigenvalue weighted by Gasteiger charge is 2.16. The zero-order valence-corrected chi connectivity index (χ0v) is 11.2. The monoisotopic (exact) mass is 251 g/mol. The van der Waals surface area contributed by atoms with Crippen molar-refractivity contribution >= 4 is 17.2 Å². The third kappa shape index (κ3) is 3.32. The molecule has 1 aromatic rings. The number of amides is 1. The molecule has 0 aliphatic rings. The first kappa shape index (κ1) is 13.8. The van der Waals surface area contributed by atoms with Gasteiger partial charge in [-0.1, -0.05) is 11.8 Å². The van der Waals surface area contributed by atoms with Crippen LogP contribution in [0, 0.1) is 18.8 Å². The summed E-state index contributed by atoms with van der Waals surface area (Å²) in [6, 6.07) is 1.87. The van der Waals surface area contributed by atoms with Gasteiger partial charge in [0.05, 0.1) is 9.75 Å². The number of hydrogen-bond acceptors (Lipinski definition) is 3. The van der Waals surface area contributed by atoms with Gasteiger partial charge in [-0.2, -0.15) is 0 Å². The molecule has 1 aromatic heterocycles. The highest BCUT2D eigenvalue weighted by Crippen LogP contribution is 2.22. The molecule has 0 saturated carbocycles. The second-order valence-electron chi connectivity index (χ2n) is 3.56. The predicted octanol–water partition coefficient (Wildman–Crippen LogP) is 1.88. The molecule has 0 aromatic carbocycles. The first-order valence-corrected chi connectivity index (χ1v) is 6.45. The van der Waals surface area contributed by atoms with E-state index in [2.05, 4.69) is 11.8 Å². The van der Waals surface area contributed by atoms with Crippen molar-refractivity contribution in [3.8, 4) is 11.8 Å². The molecule has 0 unspecified atom stereocenters. The molecule has 92 valence electrons. The van der Waals surface area contributed by atoms with Crippen LogP contribution in [0.25, 0.3) is 0 Å². The second kappa shape index (κ2) is 6.43. The molecule has 0 bridgehead atoms. The summed E-state index contributed by atoms with van der Waals surface area (Å²) in [6.45, 7) is 7.13. The van der Waals surface area contributed by atoms with Crippen LogP contribution < -0.4 is 0 Å². The van der Waals surface area contributed by atoms with Crippen molar-refractivity contribution in [1.82, 2.24) is 4.90 Å². The number of carbonyl (C=O) groups excluding carboxylic acids is 1. The van der Waals surface area contributed by atoms with E-state index in [9.17, 15) is 4.79 Å². The van der Waals surface area contributed by atoms with E-state index in [4.69, 9.17) is 5.11 Å². The van der Waals surface area contributed by atoms with Gasteiger partial charge in [0.15, 0.2) is 0 Å². The Kier molecular flexibility index (Phi) is 5.20. The Bertz CT molecular complexity index is 450. The van der Waals surface area contributed by atoms with E-state index < -0.39 is 0 Å². The van der Waals surface area contributed by atoms with Crippen LogP contribution in [0.1, 0.15) is 34.0 Å². The summed E-state index contributed by atoms with van der Waals surface area (Å²) in [7, 11) is 0. The minimum atomic E-state index is -0.156. The van der Waals surface area contributed by atoms with Crippen LogP contribution in [0.15, 0.2) is 6.07 Å². The molecule has 0 saturated heterocycles. The number of aliphatic hydroxyl groups excluding tert-OH is 1. The van der Waals surface area contributed by atoms with Crippen molar-refractivity contribution in [2.24, 2.45) is 0 Å². The third-order valence-electron chi connectivity index (χ3n) is 2.46. The van der Waals surface area contributed by atoms with Gasteiger partial charge in [0, 0.05) is 13.1 Å². The van der Waals surface area contributed by atoms with Crippen LogP contribution in [0.2, 0.25) is 0 Å². The van der Waals surface area contributed by atoms with Gasteiger partial charge in [-0.05, 0) is 32.4 Å². The maximum atomic E-state index is 12.1. The maximum Gasteiger partial charge on any atom is 0.263 e. The summed E-state index contributed by atoms with van der Waals surface area (Å²) < 4.78 is 0. The van der Waals surface area contributed by atoms with Gasteiger partial charge in [-0.25, -0.2) is 0 Å². The summed E-state index contributed by atoms with van der Waals surface area (Å²) in [4.78, 5) is 15.4. The number of hydrogen-bond donors (Lipinski definition) is 1. The van der Waals surface area contributed by atoms with Crippen LogP contribution >= 0.6 is 11.3 Å². The molecular weight excluding hydrogens is 234 g/mol. The fourth-order valence-electron chi connectivity index (χ4n) is 1.50. The molecule has 1 N–H and O–H groups in total. The molecule has 1 rings (SSSR count). The highest BCUT2D eigenvalue weighted by molar-refractivity contribution is 7.14. The van der Waals surface area contributed by atoms with Gasteiger partial charge in [0.1, 0.15) is 6.61 Å². The summed E-state index contributed by atoms with van der Waals surface area (Å²) >= 11 is 1.39.